The number of benzene rings is 14. The van der Waals surface area contributed by atoms with Gasteiger partial charge in [0.25, 0.3) is 0 Å². The molecule has 7 nitrogen and oxygen atoms in total. The Hall–Kier alpha value is -12.0. The number of hydrogen-bond donors (Lipinski definition) is 0. The predicted octanol–water partition coefficient (Wildman–Crippen LogP) is 24.9. The molecule has 0 N–H and O–H groups in total. The van der Waals surface area contributed by atoms with E-state index < -0.39 is 0 Å². The van der Waals surface area contributed by atoms with Gasteiger partial charge in [-0.25, -0.2) is 11.6 Å². The summed E-state index contributed by atoms with van der Waals surface area (Å²) in [6.07, 6.45) is 5.48. The Bertz CT molecular complexity index is 6010. The maximum Gasteiger partial charge on any atom is 2.00 e. The van der Waals surface area contributed by atoms with Crippen LogP contribution in [-0.2, 0) is 0 Å². The van der Waals surface area contributed by atoms with Crippen LogP contribution in [0.3, 0.4) is 0 Å². The molecular formula is C90H56N4O3U. The zero-order valence-corrected chi connectivity index (χ0v) is 57.0. The number of anilines is 6. The fourth-order valence-corrected chi connectivity index (χ4v) is 14.4. The molecule has 0 unspecified atom stereocenters. The number of rotatable bonds is 13. The molecule has 0 radical (unpaired) electrons. The molecule has 0 atom stereocenters. The maximum atomic E-state index is 6.38. The first-order valence-corrected chi connectivity index (χ1v) is 32.7. The fourth-order valence-electron chi connectivity index (χ4n) is 14.4. The second kappa shape index (κ2) is 24.3. The molecule has 0 bridgehead atoms. The molecule has 0 aliphatic rings. The van der Waals surface area contributed by atoms with Crippen LogP contribution in [0, 0.1) is 43.3 Å². The minimum absolute atomic E-state index is 0. The summed E-state index contributed by atoms with van der Waals surface area (Å²) in [5.74, 6) is 2.49. The van der Waals surface area contributed by atoms with E-state index in [0.717, 1.165) is 156 Å². The van der Waals surface area contributed by atoms with Crippen LogP contribution in [0.4, 0.5) is 34.1 Å². The molecule has 458 valence electrons. The van der Waals surface area contributed by atoms with Crippen molar-refractivity contribution in [3.63, 3.8) is 0 Å². The van der Waals surface area contributed by atoms with Crippen LogP contribution in [0.1, 0.15) is 11.1 Å². The minimum Gasteiger partial charge on any atom is -0.456 e. The van der Waals surface area contributed by atoms with Gasteiger partial charge in [0.2, 0.25) is 0 Å². The maximum absolute atomic E-state index is 6.38. The molecule has 19 aromatic rings. The molecule has 5 heterocycles. The molecule has 0 saturated heterocycles. The molecule has 0 aliphatic carbocycles. The van der Waals surface area contributed by atoms with Gasteiger partial charge >= 0.3 is 31.1 Å². The summed E-state index contributed by atoms with van der Waals surface area (Å²) >= 11 is 0. The average Bonchev–Trinajstić information content (AvgIpc) is 1.54. The van der Waals surface area contributed by atoms with E-state index in [1.807, 2.05) is 84.9 Å². The van der Waals surface area contributed by atoms with Crippen molar-refractivity contribution in [3.8, 4) is 45.3 Å². The summed E-state index contributed by atoms with van der Waals surface area (Å²) < 4.78 is 24.0. The van der Waals surface area contributed by atoms with Crippen molar-refractivity contribution in [2.45, 2.75) is 0 Å². The fraction of sp³-hybridized carbons (Fsp3) is 0. The molecule has 0 fully saturated rings. The molecule has 14 aromatic carbocycles. The first-order chi connectivity index (χ1) is 48.0. The third-order valence-electron chi connectivity index (χ3n) is 18.9. The summed E-state index contributed by atoms with van der Waals surface area (Å²) in [6.45, 7) is 0. The second-order valence-electron chi connectivity index (χ2n) is 24.7. The van der Waals surface area contributed by atoms with Crippen LogP contribution < -0.4 is 9.80 Å². The SMILES string of the molecule is [C-](=Cc1[c-]cccc1)c1ccc(N(c2ccc(-c3cc4ccccc4o3)cc2)c2ccc3c4c5ccc6c(c5ccc4n(-c4ccccc4)c3c2)c2ccc(N(c3ccc(-c4cc5ccccc5o4)cc3)c3ccc(-c4cc5ccccc5o4)cc3)cc2n6-c2ccccc2)cc1.[U+2]. The van der Waals surface area contributed by atoms with Crippen LogP contribution in [0.25, 0.3) is 139 Å². The number of furan rings is 3. The van der Waals surface area contributed by atoms with E-state index >= 15 is 0 Å². The van der Waals surface area contributed by atoms with Crippen LogP contribution in [-0.4, -0.2) is 9.13 Å². The largest absolute Gasteiger partial charge is 2.00 e. The monoisotopic (exact) mass is 1480 g/mol. The van der Waals surface area contributed by atoms with Crippen molar-refractivity contribution in [2.24, 2.45) is 0 Å². The normalized spacial score (nSPS) is 11.8. The molecule has 19 rings (SSSR count). The van der Waals surface area contributed by atoms with E-state index in [2.05, 4.69) is 286 Å². The van der Waals surface area contributed by atoms with Gasteiger partial charge < -0.3 is 32.2 Å². The van der Waals surface area contributed by atoms with E-state index in [0.29, 0.717) is 0 Å². The summed E-state index contributed by atoms with van der Waals surface area (Å²) in [4.78, 5) is 4.69. The number of hydrogen-bond acceptors (Lipinski definition) is 5. The van der Waals surface area contributed by atoms with E-state index in [1.165, 1.54) is 21.5 Å². The van der Waals surface area contributed by atoms with Crippen molar-refractivity contribution >= 4 is 127 Å². The molecule has 8 heteroatoms. The third-order valence-corrected chi connectivity index (χ3v) is 18.9. The zero-order chi connectivity index (χ0) is 63.9. The van der Waals surface area contributed by atoms with E-state index in [-0.39, 0.29) is 31.1 Å². The first-order valence-electron chi connectivity index (χ1n) is 32.7. The molecular weight excluding hydrogens is 1420 g/mol. The Morgan fingerprint density at radius 1 is 0.306 bits per heavy atom. The minimum atomic E-state index is 0. The quantitative estimate of drug-likeness (QED) is 0.0850. The standard InChI is InChI=1S/C90H56N4O3.U/c1-4-16-59(17-5-1)28-29-60-30-38-69(39-31-60)91(70-40-32-61(33-41-70)86-54-64-18-10-13-25-83(64)95-86)73-46-48-77-81(57-73)93(67-21-6-2-7-22-67)79-52-50-76-75(89(77)79)51-53-80-90(76)78-49-47-74(58-82(78)94(80)68-23-8-3-9-24-68)92(71-42-34-62(35-43-71)87-55-65-19-11-14-26-84(65)96-87)72-44-36-63(37-45-72)88-56-66-20-12-15-27-85(66)97-88;/h1-16,18-28,30-58H;/q-2;+2. The van der Waals surface area contributed by atoms with Crippen molar-refractivity contribution in [3.05, 3.63) is 357 Å². The van der Waals surface area contributed by atoms with Gasteiger partial charge in [-0.15, -0.1) is 18.2 Å². The summed E-state index contributed by atoms with van der Waals surface area (Å²) in [7, 11) is 0. The summed E-state index contributed by atoms with van der Waals surface area (Å²) in [5.41, 5.74) is 20.2. The summed E-state index contributed by atoms with van der Waals surface area (Å²) in [6, 6.07) is 122. The first kappa shape index (κ1) is 58.5. The van der Waals surface area contributed by atoms with Gasteiger partial charge in [0, 0.05) is 99.9 Å². The van der Waals surface area contributed by atoms with Crippen LogP contribution in [0.15, 0.2) is 347 Å². The Kier molecular flexibility index (Phi) is 14.5. The Balaban J connectivity index is 0.00000696. The van der Waals surface area contributed by atoms with Crippen LogP contribution in [0.2, 0.25) is 0 Å². The smallest absolute Gasteiger partial charge is 0.456 e. The van der Waals surface area contributed by atoms with Crippen molar-refractivity contribution in [1.29, 1.82) is 0 Å². The van der Waals surface area contributed by atoms with Crippen molar-refractivity contribution < 1.29 is 44.4 Å². The van der Waals surface area contributed by atoms with E-state index in [4.69, 9.17) is 13.3 Å². The van der Waals surface area contributed by atoms with Crippen LogP contribution >= 0.6 is 0 Å². The number of nitrogens with zero attached hydrogens (tertiary/aromatic N) is 4. The molecule has 0 amide bonds. The van der Waals surface area contributed by atoms with Crippen molar-refractivity contribution in [2.75, 3.05) is 9.80 Å². The molecule has 0 spiro atoms. The topological polar surface area (TPSA) is 55.8 Å². The van der Waals surface area contributed by atoms with E-state index in [9.17, 15) is 0 Å². The number of fused-ring (bicyclic) bond motifs is 12. The number of aromatic nitrogens is 2. The molecule has 0 saturated carbocycles. The molecule has 98 heavy (non-hydrogen) atoms. The van der Waals surface area contributed by atoms with Gasteiger partial charge in [0.1, 0.15) is 34.0 Å². The molecule has 0 aliphatic heterocycles. The number of para-hydroxylation sites is 5. The van der Waals surface area contributed by atoms with Gasteiger partial charge in [-0.1, -0.05) is 127 Å². The second-order valence-corrected chi connectivity index (χ2v) is 24.7. The Labute approximate surface area is 588 Å². The van der Waals surface area contributed by atoms with Gasteiger partial charge in [-0.3, -0.25) is 0 Å². The van der Waals surface area contributed by atoms with Gasteiger partial charge in [-0.2, -0.15) is 35.9 Å². The zero-order valence-electron chi connectivity index (χ0n) is 52.8. The predicted molar refractivity (Wildman–Crippen MR) is 400 cm³/mol. The van der Waals surface area contributed by atoms with Gasteiger partial charge in [0.05, 0.1) is 22.1 Å². The van der Waals surface area contributed by atoms with Crippen LogP contribution in [0.5, 0.6) is 0 Å². The van der Waals surface area contributed by atoms with E-state index in [1.54, 1.807) is 0 Å². The Morgan fingerprint density at radius 2 is 0.663 bits per heavy atom. The third kappa shape index (κ3) is 10.2. The average molecular weight is 1480 g/mol. The van der Waals surface area contributed by atoms with Gasteiger partial charge in [0.15, 0.2) is 0 Å². The molecule has 5 aromatic heterocycles. The van der Waals surface area contributed by atoms with Crippen molar-refractivity contribution in [1.82, 2.24) is 9.13 Å². The van der Waals surface area contributed by atoms with Gasteiger partial charge in [-0.05, 0) is 181 Å². The summed E-state index contributed by atoms with van der Waals surface area (Å²) in [5, 5.41) is 10.3. The Morgan fingerprint density at radius 3 is 1.05 bits per heavy atom.